The fraction of sp³-hybridized carbons (Fsp3) is 0.548. The summed E-state index contributed by atoms with van der Waals surface area (Å²) in [4.78, 5) is 30.2. The molecule has 1 saturated carbocycles. The van der Waals surface area contributed by atoms with Gasteiger partial charge in [-0.05, 0) is 42.5 Å². The molecule has 9 heteroatoms. The van der Waals surface area contributed by atoms with Gasteiger partial charge in [0.1, 0.15) is 0 Å². The summed E-state index contributed by atoms with van der Waals surface area (Å²) in [5, 5.41) is 3.36. The van der Waals surface area contributed by atoms with Gasteiger partial charge in [0.05, 0.1) is 36.0 Å². The lowest BCUT2D eigenvalue weighted by Gasteiger charge is -2.36. The Morgan fingerprint density at radius 2 is 1.68 bits per heavy atom. The molecule has 1 atom stereocenters. The van der Waals surface area contributed by atoms with Crippen molar-refractivity contribution in [2.75, 3.05) is 32.4 Å². The summed E-state index contributed by atoms with van der Waals surface area (Å²) >= 11 is 0. The second-order valence-electron chi connectivity index (χ2n) is 11.9. The molecule has 218 valence electrons. The van der Waals surface area contributed by atoms with Crippen LogP contribution in [0.15, 0.2) is 59.5 Å². The Balaban J connectivity index is 0.00000370. The summed E-state index contributed by atoms with van der Waals surface area (Å²) < 4.78 is 23.5. The predicted octanol–water partition coefficient (Wildman–Crippen LogP) is -0.0707. The van der Waals surface area contributed by atoms with Crippen molar-refractivity contribution in [3.05, 3.63) is 65.7 Å². The van der Waals surface area contributed by atoms with Gasteiger partial charge < -0.3 is 27.5 Å². The molecule has 0 unspecified atom stereocenters. The summed E-state index contributed by atoms with van der Waals surface area (Å²) in [6.07, 6.45) is 9.11. The smallest absolute Gasteiger partial charge is 0.229 e. The van der Waals surface area contributed by atoms with Crippen LogP contribution in [-0.2, 0) is 26.0 Å². The molecule has 2 heterocycles. The highest BCUT2D eigenvalue weighted by atomic mass is 35.5. The highest BCUT2D eigenvalue weighted by molar-refractivity contribution is 7.90. The number of rotatable bonds is 9. The molecule has 5 rings (SSSR count). The molecular weight excluding hydrogens is 546 g/mol. The summed E-state index contributed by atoms with van der Waals surface area (Å²) in [5.41, 5.74) is 1.87. The molecule has 1 spiro atoms. The maximum atomic E-state index is 13.5. The monoisotopic (exact) mass is 587 g/mol. The van der Waals surface area contributed by atoms with Gasteiger partial charge in [-0.2, -0.15) is 0 Å². The molecule has 2 aromatic carbocycles. The summed E-state index contributed by atoms with van der Waals surface area (Å²) in [6.45, 7) is 4.21. The average molecular weight is 588 g/mol. The van der Waals surface area contributed by atoms with E-state index in [1.165, 1.54) is 16.7 Å². The third-order valence-corrected chi connectivity index (χ3v) is 10.4. The molecule has 40 heavy (non-hydrogen) atoms. The summed E-state index contributed by atoms with van der Waals surface area (Å²) in [5.74, 6) is 0.614. The number of quaternary nitrogens is 1. The zero-order chi connectivity index (χ0) is 27.5. The molecule has 2 aromatic rings. The van der Waals surface area contributed by atoms with Crippen molar-refractivity contribution in [2.45, 2.75) is 68.8 Å². The lowest BCUT2D eigenvalue weighted by molar-refractivity contribution is -0.907. The van der Waals surface area contributed by atoms with Gasteiger partial charge in [0, 0.05) is 44.5 Å². The van der Waals surface area contributed by atoms with Gasteiger partial charge in [-0.3, -0.25) is 9.59 Å². The fourth-order valence-corrected chi connectivity index (χ4v) is 7.37. The number of hydrogen-bond donors (Lipinski definition) is 2. The summed E-state index contributed by atoms with van der Waals surface area (Å²) in [6, 6.07) is 17.2. The highest BCUT2D eigenvalue weighted by Crippen LogP contribution is 2.39. The van der Waals surface area contributed by atoms with Crippen LogP contribution < -0.4 is 22.6 Å². The molecule has 2 saturated heterocycles. The summed E-state index contributed by atoms with van der Waals surface area (Å²) in [7, 11) is -3.22. The van der Waals surface area contributed by atoms with Gasteiger partial charge in [0.25, 0.3) is 0 Å². The minimum Gasteiger partial charge on any atom is -1.00 e. The van der Waals surface area contributed by atoms with E-state index in [1.54, 1.807) is 12.1 Å². The maximum Gasteiger partial charge on any atom is 0.229 e. The number of carbonyl (C=O) groups excluding carboxylic acids is 2. The molecule has 2 amide bonds. The zero-order valence-corrected chi connectivity index (χ0v) is 25.0. The Morgan fingerprint density at radius 3 is 2.30 bits per heavy atom. The van der Waals surface area contributed by atoms with Crippen LogP contribution in [0.1, 0.15) is 68.5 Å². The van der Waals surface area contributed by atoms with Gasteiger partial charge >= 0.3 is 0 Å². The van der Waals surface area contributed by atoms with Crippen molar-refractivity contribution in [1.29, 1.82) is 0 Å². The van der Waals surface area contributed by atoms with Gasteiger partial charge in [-0.15, -0.1) is 0 Å². The second-order valence-corrected chi connectivity index (χ2v) is 13.9. The molecule has 2 N–H and O–H groups in total. The van der Waals surface area contributed by atoms with Crippen LogP contribution in [-0.4, -0.2) is 57.6 Å². The number of piperidine rings is 1. The van der Waals surface area contributed by atoms with Crippen LogP contribution in [0.3, 0.4) is 0 Å². The Kier molecular flexibility index (Phi) is 9.96. The van der Waals surface area contributed by atoms with E-state index in [4.69, 9.17) is 0 Å². The average Bonchev–Trinajstić information content (AvgIpc) is 3.58. The lowest BCUT2D eigenvalue weighted by atomic mass is 9.77. The van der Waals surface area contributed by atoms with Crippen LogP contribution in [0.5, 0.6) is 0 Å². The number of amides is 2. The van der Waals surface area contributed by atoms with Crippen LogP contribution in [0.4, 0.5) is 0 Å². The number of nitrogens with zero attached hydrogens (tertiary/aromatic N) is 1. The molecule has 7 nitrogen and oxygen atoms in total. The number of hydrogen-bond acceptors (Lipinski definition) is 4. The Labute approximate surface area is 245 Å². The number of sulfone groups is 1. The molecular formula is C31H42ClN3O4S. The highest BCUT2D eigenvalue weighted by Gasteiger charge is 2.49. The lowest BCUT2D eigenvalue weighted by Crippen LogP contribution is -3.13. The quantitative estimate of drug-likeness (QED) is 0.430. The van der Waals surface area contributed by atoms with Crippen LogP contribution in [0, 0.1) is 11.3 Å². The Bertz CT molecular complexity index is 1260. The van der Waals surface area contributed by atoms with Gasteiger partial charge in [-0.25, -0.2) is 8.42 Å². The zero-order valence-electron chi connectivity index (χ0n) is 23.4. The molecule has 3 fully saturated rings. The normalized spacial score (nSPS) is 24.2. The van der Waals surface area contributed by atoms with E-state index < -0.39 is 9.84 Å². The van der Waals surface area contributed by atoms with E-state index in [1.807, 2.05) is 35.2 Å². The molecule has 0 radical (unpaired) electrons. The third kappa shape index (κ3) is 7.07. The second kappa shape index (κ2) is 13.0. The number of carbonyl (C=O) groups is 2. The van der Waals surface area contributed by atoms with Crippen molar-refractivity contribution in [3.8, 4) is 0 Å². The molecule has 0 aromatic heterocycles. The van der Waals surface area contributed by atoms with E-state index >= 15 is 0 Å². The first-order valence-corrected chi connectivity index (χ1v) is 16.4. The number of benzene rings is 2. The largest absolute Gasteiger partial charge is 1.00 e. The first-order chi connectivity index (χ1) is 18.7. The Hall–Kier alpha value is -2.42. The molecule has 2 aliphatic heterocycles. The number of likely N-dealkylation sites (tertiary alicyclic amines) is 2. The standard InChI is InChI=1S/C31H41N3O4S.ClH/c1-39(37,38)27-13-11-24(12-14-27)23-34-22-18-31(30(34)36)16-20-33(21-17-31)19-15-28(25-7-3-2-4-8-25)32-29(35)26-9-5-6-10-26;/h2-4,7-8,11-14,26,28H,5-6,9-10,15-23H2,1H3,(H,32,35);1H/t28-;/m0./s1. The minimum atomic E-state index is -3.22. The van der Waals surface area contributed by atoms with Crippen LogP contribution >= 0.6 is 0 Å². The first-order valence-electron chi connectivity index (χ1n) is 14.5. The topological polar surface area (TPSA) is 88.0 Å². The van der Waals surface area contributed by atoms with E-state index in [0.717, 1.165) is 83.1 Å². The van der Waals surface area contributed by atoms with Gasteiger partial charge in [-0.1, -0.05) is 55.3 Å². The van der Waals surface area contributed by atoms with Crippen molar-refractivity contribution < 1.29 is 35.3 Å². The number of halogens is 1. The molecule has 0 bridgehead atoms. The van der Waals surface area contributed by atoms with Crippen molar-refractivity contribution in [1.82, 2.24) is 10.2 Å². The molecule has 1 aliphatic carbocycles. The van der Waals surface area contributed by atoms with E-state index in [9.17, 15) is 18.0 Å². The third-order valence-electron chi connectivity index (χ3n) is 9.27. The SMILES string of the molecule is CS(=O)(=O)c1ccc(CN2CCC3(CC[NH+](CC[C@H](NC(=O)C4CCCC4)c4ccccc4)CC3)C2=O)cc1.[Cl-]. The van der Waals surface area contributed by atoms with Crippen molar-refractivity contribution in [2.24, 2.45) is 11.3 Å². The Morgan fingerprint density at radius 1 is 1.02 bits per heavy atom. The predicted molar refractivity (Wildman–Crippen MR) is 151 cm³/mol. The fourth-order valence-electron chi connectivity index (χ4n) is 6.74. The van der Waals surface area contributed by atoms with Crippen molar-refractivity contribution in [3.63, 3.8) is 0 Å². The first kappa shape index (κ1) is 30.5. The maximum absolute atomic E-state index is 13.5. The van der Waals surface area contributed by atoms with E-state index in [-0.39, 0.29) is 41.6 Å². The van der Waals surface area contributed by atoms with Crippen LogP contribution in [0.2, 0.25) is 0 Å². The van der Waals surface area contributed by atoms with Crippen LogP contribution in [0.25, 0.3) is 0 Å². The number of nitrogens with one attached hydrogen (secondary N) is 2. The van der Waals surface area contributed by atoms with E-state index in [0.29, 0.717) is 11.4 Å². The van der Waals surface area contributed by atoms with Gasteiger partial charge in [0.15, 0.2) is 9.84 Å². The molecule has 3 aliphatic rings. The van der Waals surface area contributed by atoms with Crippen molar-refractivity contribution >= 4 is 21.7 Å². The van der Waals surface area contributed by atoms with E-state index in [2.05, 4.69) is 17.4 Å². The van der Waals surface area contributed by atoms with Gasteiger partial charge in [0.2, 0.25) is 11.8 Å². The minimum absolute atomic E-state index is 0.